The first-order valence-electron chi connectivity index (χ1n) is 5.12. The number of aliphatic hydroxyl groups is 2. The van der Waals surface area contributed by atoms with Crippen LogP contribution in [0.2, 0.25) is 0 Å². The zero-order valence-corrected chi connectivity index (χ0v) is 8.97. The number of rotatable bonds is 5. The summed E-state index contributed by atoms with van der Waals surface area (Å²) >= 11 is 0. The molecule has 0 aliphatic heterocycles. The van der Waals surface area contributed by atoms with Crippen LogP contribution in [0.1, 0.15) is 5.69 Å². The largest absolute Gasteiger partial charge is 0.394 e. The molecule has 0 unspecified atom stereocenters. The summed E-state index contributed by atoms with van der Waals surface area (Å²) in [6.45, 7) is 0.299. The van der Waals surface area contributed by atoms with Crippen molar-refractivity contribution in [2.24, 2.45) is 0 Å². The predicted molar refractivity (Wildman–Crippen MR) is 59.3 cm³/mol. The highest BCUT2D eigenvalue weighted by Crippen LogP contribution is 2.07. The van der Waals surface area contributed by atoms with E-state index in [0.717, 1.165) is 0 Å². The van der Waals surface area contributed by atoms with E-state index in [2.05, 4.69) is 25.5 Å². The summed E-state index contributed by atoms with van der Waals surface area (Å²) in [5, 5.41) is 27.2. The molecule has 0 saturated heterocycles. The fourth-order valence-corrected chi connectivity index (χ4v) is 1.44. The first-order chi connectivity index (χ1) is 8.22. The molecule has 2 rings (SSSR count). The van der Waals surface area contributed by atoms with E-state index in [9.17, 15) is 4.79 Å². The Bertz CT molecular complexity index is 549. The molecule has 0 fully saturated rings. The van der Waals surface area contributed by atoms with Gasteiger partial charge in [0.1, 0.15) is 16.7 Å². The molecule has 0 spiro atoms. The maximum atomic E-state index is 11.4. The summed E-state index contributed by atoms with van der Waals surface area (Å²) in [5.74, 6) is 0. The summed E-state index contributed by atoms with van der Waals surface area (Å²) in [4.78, 5) is 17.8. The van der Waals surface area contributed by atoms with Crippen molar-refractivity contribution in [2.45, 2.75) is 12.6 Å². The summed E-state index contributed by atoms with van der Waals surface area (Å²) in [5.41, 5.74) is 1.15. The lowest BCUT2D eigenvalue weighted by molar-refractivity contribution is 0.0942. The third-order valence-corrected chi connectivity index (χ3v) is 2.31. The Balaban J connectivity index is 2.09. The highest BCUT2D eigenvalue weighted by molar-refractivity contribution is 5.75. The SMILES string of the molecule is O=c1[nH]cnc2c(CNC[C@@H](O)CO)n[nH]c12. The van der Waals surface area contributed by atoms with E-state index in [1.165, 1.54) is 6.33 Å². The van der Waals surface area contributed by atoms with Crippen molar-refractivity contribution in [3.8, 4) is 0 Å². The number of aromatic nitrogens is 4. The molecule has 2 aromatic heterocycles. The fourth-order valence-electron chi connectivity index (χ4n) is 1.44. The molecule has 8 heteroatoms. The van der Waals surface area contributed by atoms with Crippen molar-refractivity contribution >= 4 is 11.0 Å². The number of nitrogens with zero attached hydrogens (tertiary/aromatic N) is 2. The van der Waals surface area contributed by atoms with Crippen molar-refractivity contribution in [2.75, 3.05) is 13.2 Å². The molecule has 0 radical (unpaired) electrons. The summed E-state index contributed by atoms with van der Waals surface area (Å²) in [7, 11) is 0. The van der Waals surface area contributed by atoms with Crippen LogP contribution in [0, 0.1) is 0 Å². The van der Waals surface area contributed by atoms with Crippen LogP contribution in [0.15, 0.2) is 11.1 Å². The van der Waals surface area contributed by atoms with E-state index < -0.39 is 6.10 Å². The average Bonchev–Trinajstić information content (AvgIpc) is 2.74. The number of aliphatic hydroxyl groups excluding tert-OH is 2. The van der Waals surface area contributed by atoms with Crippen LogP contribution >= 0.6 is 0 Å². The topological polar surface area (TPSA) is 127 Å². The minimum absolute atomic E-state index is 0.244. The second-order valence-corrected chi connectivity index (χ2v) is 3.59. The van der Waals surface area contributed by atoms with Crippen LogP contribution in [0.4, 0.5) is 0 Å². The predicted octanol–water partition coefficient (Wildman–Crippen LogP) is -1.91. The van der Waals surface area contributed by atoms with Crippen LogP contribution in [0.5, 0.6) is 0 Å². The van der Waals surface area contributed by atoms with Gasteiger partial charge in [-0.05, 0) is 0 Å². The molecule has 17 heavy (non-hydrogen) atoms. The van der Waals surface area contributed by atoms with Crippen LogP contribution in [0.3, 0.4) is 0 Å². The standard InChI is InChI=1S/C9H13N5O3/c15-3-5(16)1-10-2-6-7-8(14-13-6)9(17)12-4-11-7/h4-5,10,15-16H,1-3H2,(H,13,14)(H,11,12,17)/t5-/m1/s1. The number of H-pyrrole nitrogens is 2. The minimum Gasteiger partial charge on any atom is -0.394 e. The smallest absolute Gasteiger partial charge is 0.276 e. The number of nitrogens with one attached hydrogen (secondary N) is 3. The van der Waals surface area contributed by atoms with E-state index >= 15 is 0 Å². The molecular formula is C9H13N5O3. The molecule has 2 aromatic rings. The van der Waals surface area contributed by atoms with E-state index in [1.54, 1.807) is 0 Å². The third kappa shape index (κ3) is 2.49. The molecule has 0 aliphatic rings. The van der Waals surface area contributed by atoms with E-state index in [-0.39, 0.29) is 18.7 Å². The van der Waals surface area contributed by atoms with Gasteiger partial charge < -0.3 is 20.5 Å². The van der Waals surface area contributed by atoms with Gasteiger partial charge >= 0.3 is 0 Å². The van der Waals surface area contributed by atoms with Gasteiger partial charge in [-0.3, -0.25) is 9.89 Å². The van der Waals surface area contributed by atoms with Crippen molar-refractivity contribution < 1.29 is 10.2 Å². The van der Waals surface area contributed by atoms with Crippen molar-refractivity contribution in [1.82, 2.24) is 25.5 Å². The van der Waals surface area contributed by atoms with Gasteiger partial charge in [-0.15, -0.1) is 0 Å². The molecular weight excluding hydrogens is 226 g/mol. The molecule has 2 heterocycles. The van der Waals surface area contributed by atoms with Crippen molar-refractivity contribution in [3.63, 3.8) is 0 Å². The Kier molecular flexibility index (Phi) is 3.47. The normalized spacial score (nSPS) is 13.1. The van der Waals surface area contributed by atoms with Crippen molar-refractivity contribution in [1.29, 1.82) is 0 Å². The van der Waals surface area contributed by atoms with Gasteiger partial charge in [0.2, 0.25) is 0 Å². The van der Waals surface area contributed by atoms with Gasteiger partial charge in [-0.25, -0.2) is 4.98 Å². The lowest BCUT2D eigenvalue weighted by Crippen LogP contribution is -2.29. The highest BCUT2D eigenvalue weighted by atomic mass is 16.3. The number of fused-ring (bicyclic) bond motifs is 1. The van der Waals surface area contributed by atoms with Gasteiger partial charge in [0, 0.05) is 13.1 Å². The maximum Gasteiger partial charge on any atom is 0.276 e. The van der Waals surface area contributed by atoms with Gasteiger partial charge in [-0.1, -0.05) is 0 Å². The van der Waals surface area contributed by atoms with Crippen molar-refractivity contribution in [3.05, 3.63) is 22.4 Å². The third-order valence-electron chi connectivity index (χ3n) is 2.31. The van der Waals surface area contributed by atoms with Crippen LogP contribution in [0.25, 0.3) is 11.0 Å². The summed E-state index contributed by atoms with van der Waals surface area (Å²) in [6, 6.07) is 0. The Labute approximate surface area is 95.7 Å². The molecule has 92 valence electrons. The second-order valence-electron chi connectivity index (χ2n) is 3.59. The van der Waals surface area contributed by atoms with Gasteiger partial charge in [0.15, 0.2) is 0 Å². The van der Waals surface area contributed by atoms with E-state index in [0.29, 0.717) is 23.3 Å². The quantitative estimate of drug-likeness (QED) is 0.414. The first kappa shape index (κ1) is 11.7. The molecule has 0 amide bonds. The average molecular weight is 239 g/mol. The Hall–Kier alpha value is -1.77. The lowest BCUT2D eigenvalue weighted by atomic mass is 10.3. The maximum absolute atomic E-state index is 11.4. The van der Waals surface area contributed by atoms with Crippen LogP contribution in [-0.2, 0) is 6.54 Å². The highest BCUT2D eigenvalue weighted by Gasteiger charge is 2.09. The Morgan fingerprint density at radius 2 is 2.35 bits per heavy atom. The molecule has 0 aromatic carbocycles. The van der Waals surface area contributed by atoms with Gasteiger partial charge in [0.25, 0.3) is 5.56 Å². The first-order valence-corrected chi connectivity index (χ1v) is 5.12. The number of hydrogen-bond acceptors (Lipinski definition) is 6. The monoisotopic (exact) mass is 239 g/mol. The second kappa shape index (κ2) is 5.04. The molecule has 1 atom stereocenters. The lowest BCUT2D eigenvalue weighted by Gasteiger charge is -2.07. The Morgan fingerprint density at radius 1 is 1.53 bits per heavy atom. The zero-order valence-electron chi connectivity index (χ0n) is 8.97. The molecule has 5 N–H and O–H groups in total. The van der Waals surface area contributed by atoms with Crippen LogP contribution < -0.4 is 10.9 Å². The minimum atomic E-state index is -0.809. The van der Waals surface area contributed by atoms with Crippen LogP contribution in [-0.4, -0.2) is 49.6 Å². The number of aromatic amines is 2. The summed E-state index contributed by atoms with van der Waals surface area (Å²) < 4.78 is 0. The van der Waals surface area contributed by atoms with E-state index in [4.69, 9.17) is 10.2 Å². The Morgan fingerprint density at radius 3 is 3.12 bits per heavy atom. The van der Waals surface area contributed by atoms with E-state index in [1.807, 2.05) is 0 Å². The van der Waals surface area contributed by atoms with Gasteiger partial charge in [-0.2, -0.15) is 5.10 Å². The zero-order chi connectivity index (χ0) is 12.3. The molecule has 0 saturated carbocycles. The number of hydrogen-bond donors (Lipinski definition) is 5. The molecule has 0 bridgehead atoms. The summed E-state index contributed by atoms with van der Waals surface area (Å²) in [6.07, 6.45) is 0.503. The fraction of sp³-hybridized carbons (Fsp3) is 0.444. The molecule has 8 nitrogen and oxygen atoms in total. The molecule has 0 aliphatic carbocycles. The van der Waals surface area contributed by atoms with Gasteiger partial charge in [0.05, 0.1) is 19.0 Å².